The average molecular weight is 115 g/mol. The summed E-state index contributed by atoms with van der Waals surface area (Å²) in [6.45, 7) is 7.07. The van der Waals surface area contributed by atoms with Gasteiger partial charge in [-0.05, 0) is 19.8 Å². The highest BCUT2D eigenvalue weighted by molar-refractivity contribution is 4.72. The van der Waals surface area contributed by atoms with Crippen LogP contribution in [0.15, 0.2) is 0 Å². The standard InChI is InChI=1S/C7H15O/c1-4-7(5-2)8-6-3/h4-6H2,1-3H3. The third-order valence-electron chi connectivity index (χ3n) is 1.14. The Morgan fingerprint density at radius 3 is 1.75 bits per heavy atom. The highest BCUT2D eigenvalue weighted by Gasteiger charge is 2.00. The highest BCUT2D eigenvalue weighted by atomic mass is 16.5. The first-order chi connectivity index (χ1) is 3.85. The third kappa shape index (κ3) is 3.03. The zero-order valence-electron chi connectivity index (χ0n) is 6.03. The minimum atomic E-state index is 0.816. The van der Waals surface area contributed by atoms with Crippen LogP contribution in [0.3, 0.4) is 0 Å². The molecule has 0 heterocycles. The van der Waals surface area contributed by atoms with Crippen molar-refractivity contribution in [1.82, 2.24) is 0 Å². The van der Waals surface area contributed by atoms with Gasteiger partial charge in [0.1, 0.15) is 0 Å². The van der Waals surface area contributed by atoms with Crippen molar-refractivity contribution in [3.05, 3.63) is 6.10 Å². The van der Waals surface area contributed by atoms with Crippen LogP contribution in [-0.2, 0) is 4.74 Å². The van der Waals surface area contributed by atoms with E-state index in [0.717, 1.165) is 19.4 Å². The Hall–Kier alpha value is -0.0400. The van der Waals surface area contributed by atoms with Crippen LogP contribution in [0.25, 0.3) is 0 Å². The molecule has 0 unspecified atom stereocenters. The van der Waals surface area contributed by atoms with E-state index in [1.54, 1.807) is 0 Å². The van der Waals surface area contributed by atoms with Gasteiger partial charge in [0.2, 0.25) is 0 Å². The average Bonchev–Trinajstić information content (AvgIpc) is 1.83. The summed E-state index contributed by atoms with van der Waals surface area (Å²) in [6, 6.07) is 0. The van der Waals surface area contributed by atoms with Crippen molar-refractivity contribution in [1.29, 1.82) is 0 Å². The molecule has 0 saturated heterocycles. The van der Waals surface area contributed by atoms with E-state index in [9.17, 15) is 0 Å². The molecule has 0 saturated carbocycles. The lowest BCUT2D eigenvalue weighted by atomic mass is 10.2. The maximum Gasteiger partial charge on any atom is 0.0965 e. The lowest BCUT2D eigenvalue weighted by Gasteiger charge is -2.08. The Balaban J connectivity index is 3.07. The van der Waals surface area contributed by atoms with E-state index in [2.05, 4.69) is 13.8 Å². The van der Waals surface area contributed by atoms with Gasteiger partial charge in [0.05, 0.1) is 6.10 Å². The predicted octanol–water partition coefficient (Wildman–Crippen LogP) is 2.37. The van der Waals surface area contributed by atoms with Gasteiger partial charge in [-0.2, -0.15) is 0 Å². The zero-order valence-corrected chi connectivity index (χ0v) is 6.03. The fourth-order valence-corrected chi connectivity index (χ4v) is 0.658. The van der Waals surface area contributed by atoms with E-state index in [1.807, 2.05) is 6.92 Å². The first-order valence-electron chi connectivity index (χ1n) is 3.32. The van der Waals surface area contributed by atoms with E-state index in [4.69, 9.17) is 4.74 Å². The van der Waals surface area contributed by atoms with Gasteiger partial charge in [0, 0.05) is 6.61 Å². The van der Waals surface area contributed by atoms with E-state index in [-0.39, 0.29) is 0 Å². The Kier molecular flexibility index (Phi) is 5.08. The van der Waals surface area contributed by atoms with Crippen LogP contribution in [0, 0.1) is 6.10 Å². The molecule has 0 rings (SSSR count). The van der Waals surface area contributed by atoms with Crippen molar-refractivity contribution in [2.75, 3.05) is 6.61 Å². The van der Waals surface area contributed by atoms with Crippen molar-refractivity contribution in [2.45, 2.75) is 33.6 Å². The lowest BCUT2D eigenvalue weighted by Crippen LogP contribution is -1.99. The summed E-state index contributed by atoms with van der Waals surface area (Å²) in [5, 5.41) is 0. The molecule has 0 atom stereocenters. The van der Waals surface area contributed by atoms with E-state index in [1.165, 1.54) is 6.10 Å². The number of ether oxygens (including phenoxy) is 1. The van der Waals surface area contributed by atoms with Crippen molar-refractivity contribution >= 4 is 0 Å². The van der Waals surface area contributed by atoms with Crippen molar-refractivity contribution in [3.63, 3.8) is 0 Å². The van der Waals surface area contributed by atoms with Crippen molar-refractivity contribution < 1.29 is 4.74 Å². The molecule has 0 aromatic heterocycles. The van der Waals surface area contributed by atoms with Crippen LogP contribution < -0.4 is 0 Å². The normalized spacial score (nSPS) is 10.5. The summed E-state index contributed by atoms with van der Waals surface area (Å²) < 4.78 is 5.26. The fraction of sp³-hybridized carbons (Fsp3) is 0.857. The SMILES string of the molecule is CCO[C](CC)CC. The molecule has 8 heavy (non-hydrogen) atoms. The second kappa shape index (κ2) is 5.10. The zero-order chi connectivity index (χ0) is 6.41. The number of hydrogen-bond donors (Lipinski definition) is 0. The van der Waals surface area contributed by atoms with Gasteiger partial charge in [-0.25, -0.2) is 0 Å². The van der Waals surface area contributed by atoms with Gasteiger partial charge >= 0.3 is 0 Å². The number of hydrogen-bond acceptors (Lipinski definition) is 1. The molecule has 0 fully saturated rings. The quantitative estimate of drug-likeness (QED) is 0.546. The van der Waals surface area contributed by atoms with Gasteiger partial charge in [-0.15, -0.1) is 0 Å². The van der Waals surface area contributed by atoms with Crippen molar-refractivity contribution in [2.24, 2.45) is 0 Å². The van der Waals surface area contributed by atoms with Crippen LogP contribution in [0.4, 0.5) is 0 Å². The first kappa shape index (κ1) is 7.96. The minimum Gasteiger partial charge on any atom is -0.372 e. The van der Waals surface area contributed by atoms with Gasteiger partial charge in [-0.1, -0.05) is 13.8 Å². The van der Waals surface area contributed by atoms with Gasteiger partial charge < -0.3 is 4.74 Å². The molecule has 0 N–H and O–H groups in total. The largest absolute Gasteiger partial charge is 0.372 e. The Morgan fingerprint density at radius 1 is 1.12 bits per heavy atom. The van der Waals surface area contributed by atoms with E-state index in [0.29, 0.717) is 0 Å². The smallest absolute Gasteiger partial charge is 0.0965 e. The summed E-state index contributed by atoms with van der Waals surface area (Å²) in [5.74, 6) is 0. The van der Waals surface area contributed by atoms with Gasteiger partial charge in [0.15, 0.2) is 0 Å². The van der Waals surface area contributed by atoms with E-state index < -0.39 is 0 Å². The van der Waals surface area contributed by atoms with Crippen LogP contribution in [0.2, 0.25) is 0 Å². The van der Waals surface area contributed by atoms with Crippen LogP contribution >= 0.6 is 0 Å². The minimum absolute atomic E-state index is 0.816. The summed E-state index contributed by atoms with van der Waals surface area (Å²) in [5.41, 5.74) is 0. The molecule has 0 aliphatic heterocycles. The monoisotopic (exact) mass is 115 g/mol. The Morgan fingerprint density at radius 2 is 1.62 bits per heavy atom. The van der Waals surface area contributed by atoms with Gasteiger partial charge in [0.25, 0.3) is 0 Å². The molecule has 0 amide bonds. The van der Waals surface area contributed by atoms with Crippen LogP contribution in [0.1, 0.15) is 33.6 Å². The molecule has 0 aromatic rings. The molecular weight excluding hydrogens is 100 g/mol. The Bertz CT molecular complexity index is 39.7. The summed E-state index contributed by atoms with van der Waals surface area (Å²) >= 11 is 0. The summed E-state index contributed by atoms with van der Waals surface area (Å²) in [7, 11) is 0. The molecule has 0 aromatic carbocycles. The maximum atomic E-state index is 5.26. The fourth-order valence-electron chi connectivity index (χ4n) is 0.658. The van der Waals surface area contributed by atoms with Crippen LogP contribution in [0.5, 0.6) is 0 Å². The summed E-state index contributed by atoms with van der Waals surface area (Å²) in [4.78, 5) is 0. The molecule has 49 valence electrons. The third-order valence-corrected chi connectivity index (χ3v) is 1.14. The number of rotatable bonds is 4. The molecule has 0 spiro atoms. The second-order valence-electron chi connectivity index (χ2n) is 1.68. The molecule has 1 nitrogen and oxygen atoms in total. The molecule has 1 radical (unpaired) electrons. The van der Waals surface area contributed by atoms with E-state index >= 15 is 0 Å². The Labute approximate surface area is 52.0 Å². The predicted molar refractivity (Wildman–Crippen MR) is 35.5 cm³/mol. The lowest BCUT2D eigenvalue weighted by molar-refractivity contribution is 0.144. The molecule has 0 aliphatic rings. The summed E-state index contributed by atoms with van der Waals surface area (Å²) in [6.07, 6.45) is 3.34. The van der Waals surface area contributed by atoms with Gasteiger partial charge in [-0.3, -0.25) is 0 Å². The second-order valence-corrected chi connectivity index (χ2v) is 1.68. The topological polar surface area (TPSA) is 9.23 Å². The van der Waals surface area contributed by atoms with Crippen LogP contribution in [-0.4, -0.2) is 6.61 Å². The molecule has 1 heteroatoms. The maximum absolute atomic E-state index is 5.26. The molecular formula is C7H15O. The molecule has 0 aliphatic carbocycles. The molecule has 0 bridgehead atoms. The highest BCUT2D eigenvalue weighted by Crippen LogP contribution is 2.10. The first-order valence-corrected chi connectivity index (χ1v) is 3.32. The van der Waals surface area contributed by atoms with Crippen molar-refractivity contribution in [3.8, 4) is 0 Å².